The zero-order chi connectivity index (χ0) is 25.2. The fourth-order valence-electron chi connectivity index (χ4n) is 5.64. The largest absolute Gasteiger partial charge is 0.367 e. The average Bonchev–Trinajstić information content (AvgIpc) is 3.36. The molecule has 3 aliphatic rings. The van der Waals surface area contributed by atoms with E-state index < -0.39 is 0 Å². The molecule has 4 N–H and O–H groups in total. The number of nitrogens with one attached hydrogen (secondary N) is 2. The van der Waals surface area contributed by atoms with Crippen LogP contribution in [0.5, 0.6) is 0 Å². The van der Waals surface area contributed by atoms with Crippen LogP contribution in [0.15, 0.2) is 24.3 Å². The Morgan fingerprint density at radius 1 is 1.06 bits per heavy atom. The summed E-state index contributed by atoms with van der Waals surface area (Å²) in [6.07, 6.45) is 6.16. The molecule has 4 rings (SSSR count). The van der Waals surface area contributed by atoms with Crippen LogP contribution in [0.4, 0.5) is 5.69 Å². The molecule has 0 bridgehead atoms. The molecule has 2 heterocycles. The molecule has 0 spiro atoms. The molecule has 3 fully saturated rings. The number of benzene rings is 1. The van der Waals surface area contributed by atoms with Gasteiger partial charge in [-0.1, -0.05) is 38.5 Å². The van der Waals surface area contributed by atoms with Gasteiger partial charge in [-0.15, -0.1) is 0 Å². The van der Waals surface area contributed by atoms with Crippen molar-refractivity contribution in [3.63, 3.8) is 0 Å². The molecule has 0 radical (unpaired) electrons. The van der Waals surface area contributed by atoms with Crippen molar-refractivity contribution in [2.45, 2.75) is 90.4 Å². The minimum Gasteiger partial charge on any atom is -0.367 e. The zero-order valence-corrected chi connectivity index (χ0v) is 22.1. The Balaban J connectivity index is 1.35. The summed E-state index contributed by atoms with van der Waals surface area (Å²) in [6.45, 7) is 11.2. The molecule has 2 aliphatic heterocycles. The first-order chi connectivity index (χ1) is 16.6. The highest BCUT2D eigenvalue weighted by molar-refractivity contribution is 5.90. The first-order valence-electron chi connectivity index (χ1n) is 13.6. The fraction of sp³-hybridized carbons (Fsp3) is 0.714. The van der Waals surface area contributed by atoms with Crippen LogP contribution in [-0.2, 0) is 9.59 Å². The van der Waals surface area contributed by atoms with Gasteiger partial charge >= 0.3 is 0 Å². The molecular formula is C28H45N5O2. The van der Waals surface area contributed by atoms with E-state index in [4.69, 9.17) is 5.73 Å². The second kappa shape index (κ2) is 10.9. The molecule has 2 amide bonds. The van der Waals surface area contributed by atoms with E-state index in [1.165, 1.54) is 24.1 Å². The monoisotopic (exact) mass is 483 g/mol. The Labute approximate surface area is 211 Å². The highest BCUT2D eigenvalue weighted by Gasteiger charge is 2.41. The number of hydrogen-bond donors (Lipinski definition) is 3. The van der Waals surface area contributed by atoms with Crippen LogP contribution in [0.2, 0.25) is 0 Å². The van der Waals surface area contributed by atoms with Crippen molar-refractivity contribution in [2.24, 2.45) is 17.1 Å². The van der Waals surface area contributed by atoms with E-state index in [9.17, 15) is 9.59 Å². The van der Waals surface area contributed by atoms with Gasteiger partial charge in [0, 0.05) is 44.0 Å². The quantitative estimate of drug-likeness (QED) is 0.503. The van der Waals surface area contributed by atoms with Crippen LogP contribution in [0.1, 0.15) is 64.9 Å². The Kier molecular flexibility index (Phi) is 8.06. The highest BCUT2D eigenvalue weighted by Crippen LogP contribution is 2.32. The molecular weight excluding hydrogens is 438 g/mol. The summed E-state index contributed by atoms with van der Waals surface area (Å²) < 4.78 is 0. The summed E-state index contributed by atoms with van der Waals surface area (Å²) in [7, 11) is 0. The smallest absolute Gasteiger partial charge is 0.242 e. The third-order valence-corrected chi connectivity index (χ3v) is 7.99. The van der Waals surface area contributed by atoms with E-state index in [-0.39, 0.29) is 35.4 Å². The van der Waals surface area contributed by atoms with Crippen LogP contribution >= 0.6 is 0 Å². The normalized spacial score (nSPS) is 24.5. The fourth-order valence-corrected chi connectivity index (χ4v) is 5.64. The summed E-state index contributed by atoms with van der Waals surface area (Å²) >= 11 is 0. The Morgan fingerprint density at radius 2 is 1.74 bits per heavy atom. The average molecular weight is 484 g/mol. The Hall–Kier alpha value is -2.12. The van der Waals surface area contributed by atoms with Crippen LogP contribution in [0, 0.1) is 18.3 Å². The van der Waals surface area contributed by atoms with Gasteiger partial charge in [0.05, 0.1) is 6.04 Å². The number of anilines is 1. The topological polar surface area (TPSA) is 90.7 Å². The van der Waals surface area contributed by atoms with Crippen molar-refractivity contribution in [1.29, 1.82) is 0 Å². The van der Waals surface area contributed by atoms with E-state index in [1.807, 2.05) is 4.90 Å². The molecule has 1 aliphatic carbocycles. The molecule has 2 saturated heterocycles. The van der Waals surface area contributed by atoms with Crippen LogP contribution in [0.3, 0.4) is 0 Å². The summed E-state index contributed by atoms with van der Waals surface area (Å²) in [5, 5.41) is 6.67. The highest BCUT2D eigenvalue weighted by atomic mass is 16.2. The predicted octanol–water partition coefficient (Wildman–Crippen LogP) is 2.81. The number of likely N-dealkylation sites (tertiary alicyclic amines) is 1. The SMILES string of the molecule is Cc1ccc(N2CCC[C@H]2CNC(=O)[C@@H]2CCCN2C(=O)[C@@H](NCC(N)C2CC2)C(C)(C)C)cc1. The third-order valence-electron chi connectivity index (χ3n) is 7.99. The Bertz CT molecular complexity index is 876. The molecule has 7 nitrogen and oxygen atoms in total. The van der Waals surface area contributed by atoms with Gasteiger partial charge < -0.3 is 26.2 Å². The number of nitrogens with two attached hydrogens (primary N) is 1. The van der Waals surface area contributed by atoms with Gasteiger partial charge in [-0.3, -0.25) is 9.59 Å². The van der Waals surface area contributed by atoms with E-state index in [1.54, 1.807) is 0 Å². The molecule has 0 aromatic heterocycles. The van der Waals surface area contributed by atoms with E-state index >= 15 is 0 Å². The molecule has 194 valence electrons. The van der Waals surface area contributed by atoms with Gasteiger partial charge in [0.1, 0.15) is 6.04 Å². The third kappa shape index (κ3) is 6.36. The lowest BCUT2D eigenvalue weighted by Crippen LogP contribution is -2.58. The first-order valence-corrected chi connectivity index (χ1v) is 13.6. The maximum Gasteiger partial charge on any atom is 0.242 e. The first kappa shape index (κ1) is 26.0. The van der Waals surface area contributed by atoms with Crippen molar-refractivity contribution in [1.82, 2.24) is 15.5 Å². The summed E-state index contributed by atoms with van der Waals surface area (Å²) in [6, 6.07) is 8.26. The maximum absolute atomic E-state index is 13.7. The van der Waals surface area contributed by atoms with Crippen molar-refractivity contribution in [3.8, 4) is 0 Å². The number of hydrogen-bond acceptors (Lipinski definition) is 5. The second-order valence-electron chi connectivity index (χ2n) is 12.0. The lowest BCUT2D eigenvalue weighted by molar-refractivity contribution is -0.142. The lowest BCUT2D eigenvalue weighted by atomic mass is 9.85. The number of amides is 2. The molecule has 4 atom stereocenters. The zero-order valence-electron chi connectivity index (χ0n) is 22.1. The maximum atomic E-state index is 13.7. The molecule has 1 saturated carbocycles. The molecule has 1 unspecified atom stereocenters. The minimum absolute atomic E-state index is 0.0195. The van der Waals surface area contributed by atoms with Gasteiger partial charge in [-0.25, -0.2) is 0 Å². The summed E-state index contributed by atoms with van der Waals surface area (Å²) in [4.78, 5) is 31.2. The van der Waals surface area contributed by atoms with Crippen molar-refractivity contribution in [3.05, 3.63) is 29.8 Å². The molecule has 35 heavy (non-hydrogen) atoms. The number of rotatable bonds is 9. The van der Waals surface area contributed by atoms with Crippen molar-refractivity contribution in [2.75, 3.05) is 31.1 Å². The van der Waals surface area contributed by atoms with Gasteiger partial charge in [-0.05, 0) is 68.9 Å². The van der Waals surface area contributed by atoms with Gasteiger partial charge in [0.2, 0.25) is 11.8 Å². The second-order valence-corrected chi connectivity index (χ2v) is 12.0. The van der Waals surface area contributed by atoms with Gasteiger partial charge in [0.25, 0.3) is 0 Å². The van der Waals surface area contributed by atoms with E-state index in [0.717, 1.165) is 32.2 Å². The summed E-state index contributed by atoms with van der Waals surface area (Å²) in [5.74, 6) is 0.591. The van der Waals surface area contributed by atoms with Crippen LogP contribution in [-0.4, -0.2) is 67.1 Å². The van der Waals surface area contributed by atoms with Gasteiger partial charge in [-0.2, -0.15) is 0 Å². The standard InChI is InChI=1S/C28H45N5O2/c1-19-9-13-21(14-10-19)32-15-5-7-22(32)17-31-26(34)24-8-6-16-33(24)27(35)25(28(2,3)4)30-18-23(29)20-11-12-20/h9-10,13-14,20,22-25,30H,5-8,11-12,15-18,29H2,1-4H3,(H,31,34)/t22-,23?,24-,25+/m0/s1. The number of aryl methyl sites for hydroxylation is 1. The van der Waals surface area contributed by atoms with E-state index in [2.05, 4.69) is 67.5 Å². The van der Waals surface area contributed by atoms with Crippen LogP contribution in [0.25, 0.3) is 0 Å². The van der Waals surface area contributed by atoms with Gasteiger partial charge in [0.15, 0.2) is 0 Å². The van der Waals surface area contributed by atoms with E-state index in [0.29, 0.717) is 31.6 Å². The number of nitrogens with zero attached hydrogens (tertiary/aromatic N) is 2. The molecule has 7 heteroatoms. The molecule has 1 aromatic rings. The lowest BCUT2D eigenvalue weighted by Gasteiger charge is -2.36. The summed E-state index contributed by atoms with van der Waals surface area (Å²) in [5.41, 5.74) is 8.51. The van der Waals surface area contributed by atoms with Crippen LogP contribution < -0.4 is 21.3 Å². The number of carbonyl (C=O) groups is 2. The predicted molar refractivity (Wildman–Crippen MR) is 141 cm³/mol. The molecule has 1 aromatic carbocycles. The minimum atomic E-state index is -0.388. The van der Waals surface area contributed by atoms with Crippen molar-refractivity contribution >= 4 is 17.5 Å². The Morgan fingerprint density at radius 3 is 2.40 bits per heavy atom. The number of carbonyl (C=O) groups excluding carboxylic acids is 2. The van der Waals surface area contributed by atoms with Crippen molar-refractivity contribution < 1.29 is 9.59 Å².